The van der Waals surface area contributed by atoms with Crippen LogP contribution in [-0.2, 0) is 19.6 Å². The van der Waals surface area contributed by atoms with Crippen LogP contribution in [0, 0.1) is 6.92 Å². The quantitative estimate of drug-likeness (QED) is 0.440. The SMILES string of the molecule is CCCCn1c(=O)[nH]c(=O)c2c1nc(CNc1cc(-n3cnnn3)ccc1C)n2CC. The van der Waals surface area contributed by atoms with Crippen molar-refractivity contribution < 1.29 is 0 Å². The molecule has 0 saturated carbocycles. The van der Waals surface area contributed by atoms with Crippen LogP contribution in [0.4, 0.5) is 5.69 Å². The monoisotopic (exact) mass is 423 g/mol. The zero-order valence-electron chi connectivity index (χ0n) is 17.8. The predicted octanol–water partition coefficient (Wildman–Crippen LogP) is 1.60. The highest BCUT2D eigenvalue weighted by Gasteiger charge is 2.17. The van der Waals surface area contributed by atoms with Crippen LogP contribution in [0.2, 0.25) is 0 Å². The summed E-state index contributed by atoms with van der Waals surface area (Å²) in [6, 6.07) is 5.87. The number of nitrogens with one attached hydrogen (secondary N) is 2. The predicted molar refractivity (Wildman–Crippen MR) is 116 cm³/mol. The summed E-state index contributed by atoms with van der Waals surface area (Å²) in [5.74, 6) is 0.686. The average molecular weight is 423 g/mol. The number of fused-ring (bicyclic) bond motifs is 1. The number of unbranched alkanes of at least 4 members (excludes halogenated alkanes) is 1. The maximum atomic E-state index is 12.6. The van der Waals surface area contributed by atoms with Gasteiger partial charge in [-0.2, -0.15) is 0 Å². The molecule has 3 heterocycles. The molecule has 3 aromatic heterocycles. The van der Waals surface area contributed by atoms with Gasteiger partial charge in [-0.1, -0.05) is 19.4 Å². The average Bonchev–Trinajstić information content (AvgIpc) is 3.41. The molecule has 0 aliphatic carbocycles. The van der Waals surface area contributed by atoms with Gasteiger partial charge in [0.25, 0.3) is 5.56 Å². The van der Waals surface area contributed by atoms with E-state index in [4.69, 9.17) is 0 Å². The van der Waals surface area contributed by atoms with E-state index in [1.165, 1.54) is 6.33 Å². The number of benzene rings is 1. The lowest BCUT2D eigenvalue weighted by molar-refractivity contribution is 0.613. The standard InChI is InChI=1S/C20H25N9O2/c1-4-6-9-28-18-17(19(30)24-20(28)31)27(5-2)16(23-18)11-21-15-10-14(8-7-13(15)3)29-12-22-25-26-29/h7-8,10,12,21H,4-6,9,11H2,1-3H3,(H,24,30,31). The van der Waals surface area contributed by atoms with Crippen LogP contribution in [-0.4, -0.2) is 39.3 Å². The van der Waals surface area contributed by atoms with Crippen molar-refractivity contribution in [2.24, 2.45) is 0 Å². The van der Waals surface area contributed by atoms with Crippen molar-refractivity contribution in [3.63, 3.8) is 0 Å². The van der Waals surface area contributed by atoms with Gasteiger partial charge in [0.05, 0.1) is 12.2 Å². The van der Waals surface area contributed by atoms with Gasteiger partial charge in [0.1, 0.15) is 12.2 Å². The van der Waals surface area contributed by atoms with Crippen molar-refractivity contribution in [2.75, 3.05) is 5.32 Å². The number of aromatic nitrogens is 8. The molecule has 0 atom stereocenters. The molecular weight excluding hydrogens is 398 g/mol. The minimum atomic E-state index is -0.420. The molecule has 0 aliphatic rings. The molecule has 0 saturated heterocycles. The van der Waals surface area contributed by atoms with Crippen molar-refractivity contribution in [3.05, 3.63) is 56.8 Å². The molecule has 11 nitrogen and oxygen atoms in total. The minimum absolute atomic E-state index is 0.393. The second-order valence-electron chi connectivity index (χ2n) is 7.32. The van der Waals surface area contributed by atoms with Crippen LogP contribution in [0.3, 0.4) is 0 Å². The van der Waals surface area contributed by atoms with E-state index in [2.05, 4.69) is 37.7 Å². The number of hydrogen-bond donors (Lipinski definition) is 2. The van der Waals surface area contributed by atoms with Crippen LogP contribution >= 0.6 is 0 Å². The van der Waals surface area contributed by atoms with Crippen LogP contribution in [0.5, 0.6) is 0 Å². The second kappa shape index (κ2) is 8.54. The van der Waals surface area contributed by atoms with Gasteiger partial charge in [0.2, 0.25) is 0 Å². The molecule has 4 aromatic rings. The van der Waals surface area contributed by atoms with E-state index >= 15 is 0 Å². The number of H-pyrrole nitrogens is 1. The number of rotatable bonds is 8. The van der Waals surface area contributed by atoms with Gasteiger partial charge in [0.15, 0.2) is 11.2 Å². The van der Waals surface area contributed by atoms with Crippen molar-refractivity contribution in [1.82, 2.24) is 39.3 Å². The van der Waals surface area contributed by atoms with Gasteiger partial charge in [-0.3, -0.25) is 14.3 Å². The lowest BCUT2D eigenvalue weighted by Gasteiger charge is -2.12. The number of aromatic amines is 1. The molecule has 31 heavy (non-hydrogen) atoms. The Morgan fingerprint density at radius 3 is 2.71 bits per heavy atom. The van der Waals surface area contributed by atoms with Gasteiger partial charge < -0.3 is 9.88 Å². The lowest BCUT2D eigenvalue weighted by Crippen LogP contribution is -2.31. The molecule has 11 heteroatoms. The fraction of sp³-hybridized carbons (Fsp3) is 0.400. The molecule has 2 N–H and O–H groups in total. The van der Waals surface area contributed by atoms with E-state index in [0.717, 1.165) is 29.8 Å². The zero-order valence-corrected chi connectivity index (χ0v) is 17.8. The second-order valence-corrected chi connectivity index (χ2v) is 7.32. The number of tetrazole rings is 1. The van der Waals surface area contributed by atoms with E-state index in [9.17, 15) is 9.59 Å². The molecule has 0 spiro atoms. The topological polar surface area (TPSA) is 128 Å². The molecular formula is C20H25N9O2. The summed E-state index contributed by atoms with van der Waals surface area (Å²) in [6.45, 7) is 7.48. The maximum Gasteiger partial charge on any atom is 0.330 e. The van der Waals surface area contributed by atoms with Crippen molar-refractivity contribution in [3.8, 4) is 5.69 Å². The Bertz CT molecular complexity index is 1320. The Balaban J connectivity index is 1.71. The van der Waals surface area contributed by atoms with E-state index < -0.39 is 11.2 Å². The first-order valence-electron chi connectivity index (χ1n) is 10.3. The lowest BCUT2D eigenvalue weighted by atomic mass is 10.2. The third-order valence-corrected chi connectivity index (χ3v) is 5.29. The molecule has 0 unspecified atom stereocenters. The summed E-state index contributed by atoms with van der Waals surface area (Å²) in [7, 11) is 0. The summed E-state index contributed by atoms with van der Waals surface area (Å²) in [5, 5.41) is 14.7. The summed E-state index contributed by atoms with van der Waals surface area (Å²) in [4.78, 5) is 32.0. The minimum Gasteiger partial charge on any atom is -0.378 e. The van der Waals surface area contributed by atoms with Gasteiger partial charge in [-0.05, 0) is 48.4 Å². The molecule has 1 aromatic carbocycles. The summed E-state index contributed by atoms with van der Waals surface area (Å²) in [5.41, 5.74) is 2.80. The highest BCUT2D eigenvalue weighted by molar-refractivity contribution is 5.71. The normalized spacial score (nSPS) is 11.3. The first-order chi connectivity index (χ1) is 15.0. The molecule has 162 valence electrons. The molecule has 0 radical (unpaired) electrons. The van der Waals surface area contributed by atoms with Gasteiger partial charge >= 0.3 is 5.69 Å². The number of anilines is 1. The Kier molecular flexibility index (Phi) is 5.65. The Labute approximate surface area is 177 Å². The first kappa shape index (κ1) is 20.5. The van der Waals surface area contributed by atoms with Crippen molar-refractivity contribution in [2.45, 2.75) is 53.2 Å². The smallest absolute Gasteiger partial charge is 0.330 e. The molecule has 0 bridgehead atoms. The third-order valence-electron chi connectivity index (χ3n) is 5.29. The van der Waals surface area contributed by atoms with Crippen LogP contribution in [0.25, 0.3) is 16.9 Å². The number of nitrogens with zero attached hydrogens (tertiary/aromatic N) is 7. The number of imidazole rings is 1. The summed E-state index contributed by atoms with van der Waals surface area (Å²) >= 11 is 0. The van der Waals surface area contributed by atoms with Crippen LogP contribution in [0.1, 0.15) is 38.1 Å². The van der Waals surface area contributed by atoms with Crippen molar-refractivity contribution >= 4 is 16.9 Å². The summed E-state index contributed by atoms with van der Waals surface area (Å²) in [6.07, 6.45) is 3.30. The Hall–Kier alpha value is -3.76. The van der Waals surface area contributed by atoms with E-state index in [1.54, 1.807) is 9.25 Å². The Morgan fingerprint density at radius 1 is 1.16 bits per heavy atom. The van der Waals surface area contributed by atoms with Crippen LogP contribution in [0.15, 0.2) is 34.1 Å². The van der Waals surface area contributed by atoms with Crippen LogP contribution < -0.4 is 16.6 Å². The summed E-state index contributed by atoms with van der Waals surface area (Å²) < 4.78 is 4.99. The van der Waals surface area contributed by atoms with E-state index in [0.29, 0.717) is 36.6 Å². The fourth-order valence-corrected chi connectivity index (χ4v) is 3.61. The highest BCUT2D eigenvalue weighted by Crippen LogP contribution is 2.20. The maximum absolute atomic E-state index is 12.6. The first-order valence-corrected chi connectivity index (χ1v) is 10.3. The zero-order chi connectivity index (χ0) is 22.0. The van der Waals surface area contributed by atoms with Gasteiger partial charge in [-0.25, -0.2) is 14.5 Å². The van der Waals surface area contributed by atoms with E-state index in [-0.39, 0.29) is 0 Å². The van der Waals surface area contributed by atoms with Crippen molar-refractivity contribution in [1.29, 1.82) is 0 Å². The fourth-order valence-electron chi connectivity index (χ4n) is 3.61. The third kappa shape index (κ3) is 3.86. The van der Waals surface area contributed by atoms with Gasteiger partial charge in [0, 0.05) is 18.8 Å². The number of aryl methyl sites for hydroxylation is 3. The Morgan fingerprint density at radius 2 is 2.00 bits per heavy atom. The molecule has 0 amide bonds. The van der Waals surface area contributed by atoms with Gasteiger partial charge in [-0.15, -0.1) is 5.10 Å². The molecule has 0 fully saturated rings. The van der Waals surface area contributed by atoms with E-state index in [1.807, 2.05) is 36.6 Å². The largest absolute Gasteiger partial charge is 0.378 e. The molecule has 0 aliphatic heterocycles. The number of hydrogen-bond acceptors (Lipinski definition) is 7. The highest BCUT2D eigenvalue weighted by atomic mass is 16.2. The molecule has 4 rings (SSSR count).